The van der Waals surface area contributed by atoms with E-state index in [1.807, 2.05) is 0 Å². The highest BCUT2D eigenvalue weighted by Gasteiger charge is 2.14. The number of hydrogen-bond acceptors (Lipinski definition) is 5. The Morgan fingerprint density at radius 1 is 1.00 bits per heavy atom. The molecular weight excluding hydrogens is 316 g/mol. The lowest BCUT2D eigenvalue weighted by Gasteiger charge is -2.12. The Morgan fingerprint density at radius 2 is 1.55 bits per heavy atom. The monoisotopic (exact) mass is 329 g/mol. The van der Waals surface area contributed by atoms with Gasteiger partial charge in [0.25, 0.3) is 0 Å². The van der Waals surface area contributed by atoms with Crippen LogP contribution in [0.3, 0.4) is 0 Å². The van der Waals surface area contributed by atoms with Crippen LogP contribution in [0, 0.1) is 11.6 Å². The van der Waals surface area contributed by atoms with E-state index in [9.17, 15) is 17.2 Å². The zero-order valence-electron chi connectivity index (χ0n) is 11.7. The summed E-state index contributed by atoms with van der Waals surface area (Å²) in [5.74, 6) is -1.51. The van der Waals surface area contributed by atoms with E-state index in [-0.39, 0.29) is 17.3 Å². The molecule has 0 bridgehead atoms. The van der Waals surface area contributed by atoms with Crippen molar-refractivity contribution >= 4 is 27.5 Å². The molecule has 0 amide bonds. The van der Waals surface area contributed by atoms with Crippen molar-refractivity contribution in [3.8, 4) is 0 Å². The first kappa shape index (κ1) is 16.0. The SMILES string of the molecule is CN(C)S(=O)(=O)Nc1ccc(Nc2c(F)cccc2F)nn1. The van der Waals surface area contributed by atoms with Crippen molar-refractivity contribution in [1.29, 1.82) is 0 Å². The van der Waals surface area contributed by atoms with E-state index in [4.69, 9.17) is 0 Å². The molecule has 0 atom stereocenters. The van der Waals surface area contributed by atoms with Crippen LogP contribution in [0.25, 0.3) is 0 Å². The van der Waals surface area contributed by atoms with Crippen LogP contribution < -0.4 is 10.0 Å². The van der Waals surface area contributed by atoms with Crippen LogP contribution in [-0.4, -0.2) is 37.0 Å². The molecule has 0 spiro atoms. The second kappa shape index (κ2) is 6.20. The van der Waals surface area contributed by atoms with Gasteiger partial charge in [0.15, 0.2) is 11.6 Å². The van der Waals surface area contributed by atoms with Crippen LogP contribution in [0.2, 0.25) is 0 Å². The summed E-state index contributed by atoms with van der Waals surface area (Å²) in [5, 5.41) is 9.73. The number of nitrogens with one attached hydrogen (secondary N) is 2. The van der Waals surface area contributed by atoms with Gasteiger partial charge in [-0.15, -0.1) is 10.2 Å². The van der Waals surface area contributed by atoms with Gasteiger partial charge in [-0.1, -0.05) is 6.07 Å². The molecule has 0 aliphatic heterocycles. The lowest BCUT2D eigenvalue weighted by Crippen LogP contribution is -2.29. The summed E-state index contributed by atoms with van der Waals surface area (Å²) >= 11 is 0. The van der Waals surface area contributed by atoms with Crippen molar-refractivity contribution in [2.24, 2.45) is 0 Å². The second-order valence-electron chi connectivity index (χ2n) is 4.41. The molecule has 2 aromatic rings. The summed E-state index contributed by atoms with van der Waals surface area (Å²) in [6.45, 7) is 0. The third-order valence-corrected chi connectivity index (χ3v) is 4.02. The maximum Gasteiger partial charge on any atom is 0.302 e. The van der Waals surface area contributed by atoms with E-state index in [1.165, 1.54) is 32.3 Å². The van der Waals surface area contributed by atoms with E-state index in [1.54, 1.807) is 0 Å². The molecule has 10 heteroatoms. The Hall–Kier alpha value is -2.33. The van der Waals surface area contributed by atoms with Crippen molar-refractivity contribution in [3.05, 3.63) is 42.0 Å². The normalized spacial score (nSPS) is 11.5. The summed E-state index contributed by atoms with van der Waals surface area (Å²) in [6.07, 6.45) is 0. The van der Waals surface area contributed by atoms with Gasteiger partial charge < -0.3 is 5.32 Å². The molecule has 1 aromatic carbocycles. The first-order valence-corrected chi connectivity index (χ1v) is 7.48. The number of anilines is 3. The number of halogens is 2. The van der Waals surface area contributed by atoms with Crippen LogP contribution in [0.1, 0.15) is 0 Å². The Kier molecular flexibility index (Phi) is 4.52. The summed E-state index contributed by atoms with van der Waals surface area (Å²) in [6, 6.07) is 6.08. The van der Waals surface area contributed by atoms with Gasteiger partial charge >= 0.3 is 10.2 Å². The van der Waals surface area contributed by atoms with Crippen LogP contribution in [0.5, 0.6) is 0 Å². The predicted molar refractivity (Wildman–Crippen MR) is 77.9 cm³/mol. The zero-order valence-corrected chi connectivity index (χ0v) is 12.5. The summed E-state index contributed by atoms with van der Waals surface area (Å²) in [5.41, 5.74) is -0.363. The van der Waals surface area contributed by atoms with Crippen LogP contribution >= 0.6 is 0 Å². The minimum atomic E-state index is -3.70. The lowest BCUT2D eigenvalue weighted by molar-refractivity contribution is 0.526. The molecule has 0 unspecified atom stereocenters. The number of para-hydroxylation sites is 1. The molecule has 1 aromatic heterocycles. The predicted octanol–water partition coefficient (Wildman–Crippen LogP) is 1.72. The fourth-order valence-electron chi connectivity index (χ4n) is 1.42. The van der Waals surface area contributed by atoms with E-state index in [0.29, 0.717) is 0 Å². The molecule has 0 fully saturated rings. The third-order valence-electron chi connectivity index (χ3n) is 2.59. The Balaban J connectivity index is 2.16. The molecule has 0 aliphatic rings. The Bertz CT molecular complexity index is 745. The maximum absolute atomic E-state index is 13.5. The molecule has 0 aliphatic carbocycles. The molecule has 0 saturated carbocycles. The molecule has 7 nitrogen and oxygen atoms in total. The highest BCUT2D eigenvalue weighted by atomic mass is 32.2. The molecular formula is C12H13F2N5O2S. The first-order chi connectivity index (χ1) is 10.3. The van der Waals surface area contributed by atoms with Gasteiger partial charge in [0, 0.05) is 14.1 Å². The molecule has 2 N–H and O–H groups in total. The maximum atomic E-state index is 13.5. The number of hydrogen-bond donors (Lipinski definition) is 2. The quantitative estimate of drug-likeness (QED) is 0.872. The van der Waals surface area contributed by atoms with Crippen LogP contribution in [-0.2, 0) is 10.2 Å². The van der Waals surface area contributed by atoms with E-state index < -0.39 is 21.8 Å². The minimum absolute atomic E-state index is 0.0201. The summed E-state index contributed by atoms with van der Waals surface area (Å²) < 4.78 is 53.3. The molecule has 1 heterocycles. The first-order valence-electron chi connectivity index (χ1n) is 6.04. The van der Waals surface area contributed by atoms with Crippen molar-refractivity contribution in [1.82, 2.24) is 14.5 Å². The number of aromatic nitrogens is 2. The van der Waals surface area contributed by atoms with Gasteiger partial charge in [0.05, 0.1) is 0 Å². The molecule has 0 saturated heterocycles. The molecule has 0 radical (unpaired) electrons. The zero-order chi connectivity index (χ0) is 16.3. The topological polar surface area (TPSA) is 87.2 Å². The number of nitrogens with zero attached hydrogens (tertiary/aromatic N) is 3. The van der Waals surface area contributed by atoms with Gasteiger partial charge in [0.1, 0.15) is 17.3 Å². The van der Waals surface area contributed by atoms with Crippen molar-refractivity contribution in [2.45, 2.75) is 0 Å². The Morgan fingerprint density at radius 3 is 2.05 bits per heavy atom. The van der Waals surface area contributed by atoms with Crippen LogP contribution in [0.4, 0.5) is 26.1 Å². The van der Waals surface area contributed by atoms with E-state index >= 15 is 0 Å². The van der Waals surface area contributed by atoms with E-state index in [0.717, 1.165) is 16.4 Å². The number of benzene rings is 1. The molecule has 118 valence electrons. The standard InChI is InChI=1S/C12H13F2N5O2S/c1-19(2)22(20,21)18-11-7-6-10(16-17-11)15-12-8(13)4-3-5-9(12)14/h3-7H,1-2H3,(H,15,16)(H,17,18). The minimum Gasteiger partial charge on any atom is -0.334 e. The largest absolute Gasteiger partial charge is 0.334 e. The summed E-state index contributed by atoms with van der Waals surface area (Å²) in [4.78, 5) is 0. The van der Waals surface area contributed by atoms with Gasteiger partial charge in [0.2, 0.25) is 0 Å². The fraction of sp³-hybridized carbons (Fsp3) is 0.167. The van der Waals surface area contributed by atoms with E-state index in [2.05, 4.69) is 20.2 Å². The van der Waals surface area contributed by atoms with Crippen molar-refractivity contribution in [3.63, 3.8) is 0 Å². The summed E-state index contributed by atoms with van der Waals surface area (Å²) in [7, 11) is -0.988. The highest BCUT2D eigenvalue weighted by molar-refractivity contribution is 7.90. The van der Waals surface area contributed by atoms with Gasteiger partial charge in [-0.05, 0) is 24.3 Å². The molecule has 22 heavy (non-hydrogen) atoms. The smallest absolute Gasteiger partial charge is 0.302 e. The average molecular weight is 329 g/mol. The highest BCUT2D eigenvalue weighted by Crippen LogP contribution is 2.22. The second-order valence-corrected chi connectivity index (χ2v) is 6.30. The van der Waals surface area contributed by atoms with Gasteiger partial charge in [-0.3, -0.25) is 4.72 Å². The lowest BCUT2D eigenvalue weighted by atomic mass is 10.3. The van der Waals surface area contributed by atoms with Gasteiger partial charge in [-0.2, -0.15) is 12.7 Å². The Labute approximate surface area is 126 Å². The van der Waals surface area contributed by atoms with Crippen LogP contribution in [0.15, 0.2) is 30.3 Å². The van der Waals surface area contributed by atoms with Gasteiger partial charge in [-0.25, -0.2) is 8.78 Å². The van der Waals surface area contributed by atoms with Crippen molar-refractivity contribution in [2.75, 3.05) is 24.1 Å². The third kappa shape index (κ3) is 3.65. The molecule has 2 rings (SSSR count). The number of rotatable bonds is 5. The average Bonchev–Trinajstić information content (AvgIpc) is 2.44. The fourth-order valence-corrected chi connectivity index (χ4v) is 1.98. The van der Waals surface area contributed by atoms with Crippen molar-refractivity contribution < 1.29 is 17.2 Å².